The molecule has 1 aromatic heterocycles. The molecular formula is C17H20N2O2. The third-order valence-electron chi connectivity index (χ3n) is 3.95. The van der Waals surface area contributed by atoms with Gasteiger partial charge in [-0.1, -0.05) is 30.3 Å². The zero-order valence-corrected chi connectivity index (χ0v) is 12.1. The summed E-state index contributed by atoms with van der Waals surface area (Å²) in [4.78, 5) is 16.4. The van der Waals surface area contributed by atoms with Crippen molar-refractivity contribution < 1.29 is 9.21 Å². The second-order valence-corrected chi connectivity index (χ2v) is 5.35. The molecule has 0 spiro atoms. The summed E-state index contributed by atoms with van der Waals surface area (Å²) in [6.45, 7) is 4.45. The Balaban J connectivity index is 1.46. The Morgan fingerprint density at radius 3 is 2.43 bits per heavy atom. The number of furan rings is 1. The molecule has 1 amide bonds. The van der Waals surface area contributed by atoms with Crippen LogP contribution in [0.3, 0.4) is 0 Å². The van der Waals surface area contributed by atoms with E-state index in [0.717, 1.165) is 39.1 Å². The minimum atomic E-state index is 0.00251. The predicted octanol–water partition coefficient (Wildman–Crippen LogP) is 2.28. The predicted molar refractivity (Wildman–Crippen MR) is 81.2 cm³/mol. The Morgan fingerprint density at radius 2 is 1.76 bits per heavy atom. The van der Waals surface area contributed by atoms with E-state index in [9.17, 15) is 4.79 Å². The van der Waals surface area contributed by atoms with Crippen LogP contribution in [-0.2, 0) is 6.42 Å². The maximum Gasteiger partial charge on any atom is 0.289 e. The van der Waals surface area contributed by atoms with E-state index in [2.05, 4.69) is 29.2 Å². The van der Waals surface area contributed by atoms with Crippen molar-refractivity contribution in [3.05, 3.63) is 60.1 Å². The molecular weight excluding hydrogens is 264 g/mol. The van der Waals surface area contributed by atoms with Gasteiger partial charge in [-0.15, -0.1) is 0 Å². The van der Waals surface area contributed by atoms with Crippen LogP contribution in [0.1, 0.15) is 16.1 Å². The third kappa shape index (κ3) is 3.52. The van der Waals surface area contributed by atoms with Gasteiger partial charge in [0.1, 0.15) is 0 Å². The number of hydrogen-bond donors (Lipinski definition) is 0. The Hall–Kier alpha value is -2.07. The van der Waals surface area contributed by atoms with Crippen LogP contribution in [0, 0.1) is 0 Å². The molecule has 0 unspecified atom stereocenters. The Kier molecular flexibility index (Phi) is 4.36. The summed E-state index contributed by atoms with van der Waals surface area (Å²) in [5, 5.41) is 0. The average Bonchev–Trinajstić information content (AvgIpc) is 3.08. The standard InChI is InChI=1S/C17H20N2O2/c20-17(16-7-4-14-21-16)19-12-10-18(11-13-19)9-8-15-5-2-1-3-6-15/h1-7,14H,8-13H2. The second-order valence-electron chi connectivity index (χ2n) is 5.35. The van der Waals surface area contributed by atoms with Crippen molar-refractivity contribution in [2.75, 3.05) is 32.7 Å². The topological polar surface area (TPSA) is 36.7 Å². The van der Waals surface area contributed by atoms with Gasteiger partial charge in [0.25, 0.3) is 5.91 Å². The van der Waals surface area contributed by atoms with Gasteiger partial charge in [-0.3, -0.25) is 9.69 Å². The van der Waals surface area contributed by atoms with Gasteiger partial charge in [-0.2, -0.15) is 0 Å². The van der Waals surface area contributed by atoms with Crippen molar-refractivity contribution in [2.45, 2.75) is 6.42 Å². The first-order valence-electron chi connectivity index (χ1n) is 7.42. The van der Waals surface area contributed by atoms with E-state index in [4.69, 9.17) is 4.42 Å². The van der Waals surface area contributed by atoms with Gasteiger partial charge in [0, 0.05) is 32.7 Å². The molecule has 1 saturated heterocycles. The first-order valence-corrected chi connectivity index (χ1v) is 7.42. The lowest BCUT2D eigenvalue weighted by molar-refractivity contribution is 0.0607. The normalized spacial score (nSPS) is 16.1. The number of amides is 1. The Morgan fingerprint density at radius 1 is 1.00 bits per heavy atom. The van der Waals surface area contributed by atoms with E-state index in [1.54, 1.807) is 18.4 Å². The molecule has 3 rings (SSSR count). The molecule has 1 aliphatic heterocycles. The van der Waals surface area contributed by atoms with Gasteiger partial charge in [-0.05, 0) is 24.1 Å². The average molecular weight is 284 g/mol. The molecule has 21 heavy (non-hydrogen) atoms. The number of piperazine rings is 1. The molecule has 0 aliphatic carbocycles. The lowest BCUT2D eigenvalue weighted by atomic mass is 10.1. The fourth-order valence-electron chi connectivity index (χ4n) is 2.66. The fraction of sp³-hybridized carbons (Fsp3) is 0.353. The number of benzene rings is 1. The zero-order chi connectivity index (χ0) is 14.5. The van der Waals surface area contributed by atoms with Crippen LogP contribution in [0.25, 0.3) is 0 Å². The highest BCUT2D eigenvalue weighted by Crippen LogP contribution is 2.10. The fourth-order valence-corrected chi connectivity index (χ4v) is 2.66. The third-order valence-corrected chi connectivity index (χ3v) is 3.95. The molecule has 2 aromatic rings. The molecule has 4 nitrogen and oxygen atoms in total. The quantitative estimate of drug-likeness (QED) is 0.864. The van der Waals surface area contributed by atoms with Gasteiger partial charge in [0.05, 0.1) is 6.26 Å². The van der Waals surface area contributed by atoms with Crippen molar-refractivity contribution in [1.82, 2.24) is 9.80 Å². The van der Waals surface area contributed by atoms with Crippen LogP contribution in [0.4, 0.5) is 0 Å². The molecule has 0 saturated carbocycles. The van der Waals surface area contributed by atoms with Crippen LogP contribution in [0.5, 0.6) is 0 Å². The maximum absolute atomic E-state index is 12.2. The van der Waals surface area contributed by atoms with E-state index >= 15 is 0 Å². The highest BCUT2D eigenvalue weighted by Gasteiger charge is 2.23. The summed E-state index contributed by atoms with van der Waals surface area (Å²) in [5.74, 6) is 0.440. The molecule has 4 heteroatoms. The first kappa shape index (κ1) is 13.9. The van der Waals surface area contributed by atoms with E-state index in [1.165, 1.54) is 5.56 Å². The van der Waals surface area contributed by atoms with Gasteiger partial charge in [-0.25, -0.2) is 0 Å². The van der Waals surface area contributed by atoms with Crippen LogP contribution >= 0.6 is 0 Å². The molecule has 0 bridgehead atoms. The number of carbonyl (C=O) groups excluding carboxylic acids is 1. The lowest BCUT2D eigenvalue weighted by Gasteiger charge is -2.34. The van der Waals surface area contributed by atoms with E-state index < -0.39 is 0 Å². The van der Waals surface area contributed by atoms with Crippen LogP contribution in [0.2, 0.25) is 0 Å². The smallest absolute Gasteiger partial charge is 0.289 e. The number of rotatable bonds is 4. The lowest BCUT2D eigenvalue weighted by Crippen LogP contribution is -2.49. The van der Waals surface area contributed by atoms with E-state index in [0.29, 0.717) is 5.76 Å². The Labute approximate surface area is 125 Å². The molecule has 110 valence electrons. The monoisotopic (exact) mass is 284 g/mol. The van der Waals surface area contributed by atoms with Crippen molar-refractivity contribution >= 4 is 5.91 Å². The van der Waals surface area contributed by atoms with Gasteiger partial charge in [0.2, 0.25) is 0 Å². The van der Waals surface area contributed by atoms with E-state index in [1.807, 2.05) is 11.0 Å². The summed E-state index contributed by atoms with van der Waals surface area (Å²) in [6, 6.07) is 14.0. The number of hydrogen-bond acceptors (Lipinski definition) is 3. The van der Waals surface area contributed by atoms with Crippen molar-refractivity contribution in [3.8, 4) is 0 Å². The van der Waals surface area contributed by atoms with Gasteiger partial charge in [0.15, 0.2) is 5.76 Å². The number of carbonyl (C=O) groups is 1. The minimum absolute atomic E-state index is 0.00251. The van der Waals surface area contributed by atoms with Gasteiger partial charge >= 0.3 is 0 Å². The Bertz CT molecular complexity index is 558. The summed E-state index contributed by atoms with van der Waals surface area (Å²) in [7, 11) is 0. The summed E-state index contributed by atoms with van der Waals surface area (Å²) in [5.41, 5.74) is 1.37. The van der Waals surface area contributed by atoms with E-state index in [-0.39, 0.29) is 5.91 Å². The molecule has 0 N–H and O–H groups in total. The van der Waals surface area contributed by atoms with Gasteiger partial charge < -0.3 is 9.32 Å². The number of nitrogens with zero attached hydrogens (tertiary/aromatic N) is 2. The molecule has 0 atom stereocenters. The highest BCUT2D eigenvalue weighted by molar-refractivity contribution is 5.91. The highest BCUT2D eigenvalue weighted by atomic mass is 16.3. The minimum Gasteiger partial charge on any atom is -0.459 e. The van der Waals surface area contributed by atoms with Crippen LogP contribution in [-0.4, -0.2) is 48.4 Å². The van der Waals surface area contributed by atoms with Crippen molar-refractivity contribution in [2.24, 2.45) is 0 Å². The van der Waals surface area contributed by atoms with Crippen LogP contribution < -0.4 is 0 Å². The molecule has 1 aliphatic rings. The molecule has 0 radical (unpaired) electrons. The van der Waals surface area contributed by atoms with Crippen molar-refractivity contribution in [1.29, 1.82) is 0 Å². The van der Waals surface area contributed by atoms with Crippen molar-refractivity contribution in [3.63, 3.8) is 0 Å². The summed E-state index contributed by atoms with van der Waals surface area (Å²) in [6.07, 6.45) is 2.61. The maximum atomic E-state index is 12.2. The first-order chi connectivity index (χ1) is 10.3. The second kappa shape index (κ2) is 6.59. The summed E-state index contributed by atoms with van der Waals surface area (Å²) >= 11 is 0. The van der Waals surface area contributed by atoms with Crippen LogP contribution in [0.15, 0.2) is 53.1 Å². The SMILES string of the molecule is O=C(c1ccco1)N1CCN(CCc2ccccc2)CC1. The molecule has 2 heterocycles. The summed E-state index contributed by atoms with van der Waals surface area (Å²) < 4.78 is 5.18. The molecule has 1 aromatic carbocycles. The molecule has 1 fully saturated rings. The largest absolute Gasteiger partial charge is 0.459 e. The zero-order valence-electron chi connectivity index (χ0n) is 12.1.